The van der Waals surface area contributed by atoms with E-state index in [1.807, 2.05) is 30.3 Å². The van der Waals surface area contributed by atoms with Gasteiger partial charge in [0.1, 0.15) is 6.54 Å². The summed E-state index contributed by atoms with van der Waals surface area (Å²) >= 11 is 0. The van der Waals surface area contributed by atoms with E-state index in [9.17, 15) is 14.4 Å². The molecule has 0 aromatic heterocycles. The van der Waals surface area contributed by atoms with Gasteiger partial charge in [-0.1, -0.05) is 49.6 Å². The molecule has 1 aromatic carbocycles. The number of carbonyl (C=O) groups is 2. The van der Waals surface area contributed by atoms with Gasteiger partial charge in [0.25, 0.3) is 5.91 Å². The van der Waals surface area contributed by atoms with Gasteiger partial charge in [0.05, 0.1) is 0 Å². The van der Waals surface area contributed by atoms with Gasteiger partial charge in [-0.15, -0.1) is 0 Å². The fourth-order valence-corrected chi connectivity index (χ4v) is 2.65. The number of amides is 2. The summed E-state index contributed by atoms with van der Waals surface area (Å²) < 4.78 is 0. The first-order chi connectivity index (χ1) is 11.2. The number of hydrazine groups is 1. The molecule has 0 aliphatic heterocycles. The highest BCUT2D eigenvalue weighted by Crippen LogP contribution is 2.23. The van der Waals surface area contributed by atoms with Gasteiger partial charge < -0.3 is 0 Å². The molecule has 1 saturated carbocycles. The Kier molecular flexibility index (Phi) is 6.54. The van der Waals surface area contributed by atoms with Crippen LogP contribution in [0.25, 0.3) is 6.08 Å². The van der Waals surface area contributed by atoms with Crippen LogP contribution in [0.1, 0.15) is 37.7 Å². The first kappa shape index (κ1) is 16.9. The van der Waals surface area contributed by atoms with Gasteiger partial charge in [0.15, 0.2) is 0 Å². The van der Waals surface area contributed by atoms with Gasteiger partial charge >= 0.3 is 0 Å². The van der Waals surface area contributed by atoms with E-state index in [0.29, 0.717) is 0 Å². The van der Waals surface area contributed by atoms with E-state index in [1.54, 1.807) is 12.4 Å². The Bertz CT molecular complexity index is 563. The Morgan fingerprint density at radius 1 is 1.17 bits per heavy atom. The van der Waals surface area contributed by atoms with Crippen LogP contribution in [0.4, 0.5) is 0 Å². The second-order valence-electron chi connectivity index (χ2n) is 5.62. The molecule has 0 saturated heterocycles. The molecule has 0 heterocycles. The number of rotatable bonds is 5. The Hall–Kier alpha value is -2.43. The van der Waals surface area contributed by atoms with Crippen molar-refractivity contribution in [3.05, 3.63) is 42.0 Å². The van der Waals surface area contributed by atoms with Gasteiger partial charge in [0, 0.05) is 12.0 Å². The quantitative estimate of drug-likeness (QED) is 0.670. The van der Waals surface area contributed by atoms with Crippen LogP contribution in [0.2, 0.25) is 0 Å². The fourth-order valence-electron chi connectivity index (χ4n) is 2.65. The minimum Gasteiger partial charge on any atom is -0.289 e. The molecule has 0 unspecified atom stereocenters. The molecule has 1 N–H and O–H groups in total. The van der Waals surface area contributed by atoms with E-state index in [0.717, 1.165) is 42.7 Å². The maximum absolute atomic E-state index is 12.2. The predicted octanol–water partition coefficient (Wildman–Crippen LogP) is 2.25. The standard InChI is InChI=1S/C18H21N2O3/c21-14-13-20(19-18(23)16-9-5-2-6-10-16)17(22)12-11-15-7-3-1-4-8-15/h1,3-4,7-8,11-12,16H,2,5-6,9-10,13H2,(H,19,23). The zero-order chi connectivity index (χ0) is 16.5. The van der Waals surface area contributed by atoms with E-state index in [2.05, 4.69) is 5.43 Å². The third-order valence-corrected chi connectivity index (χ3v) is 3.93. The first-order valence-corrected chi connectivity index (χ1v) is 7.91. The third kappa shape index (κ3) is 5.36. The molecule has 5 heteroatoms. The molecule has 23 heavy (non-hydrogen) atoms. The van der Waals surface area contributed by atoms with Gasteiger partial charge in [0.2, 0.25) is 12.2 Å². The van der Waals surface area contributed by atoms with Crippen molar-refractivity contribution >= 4 is 24.2 Å². The Balaban J connectivity index is 1.96. The average Bonchev–Trinajstić information content (AvgIpc) is 2.61. The first-order valence-electron chi connectivity index (χ1n) is 7.91. The molecule has 1 aliphatic rings. The summed E-state index contributed by atoms with van der Waals surface area (Å²) in [7, 11) is 0. The summed E-state index contributed by atoms with van der Waals surface area (Å²) in [5.41, 5.74) is 3.42. The summed E-state index contributed by atoms with van der Waals surface area (Å²) in [5.74, 6) is -0.716. The fraction of sp³-hybridized carbons (Fsp3) is 0.389. The summed E-state index contributed by atoms with van der Waals surface area (Å²) in [6, 6.07) is 9.34. The van der Waals surface area contributed by atoms with Gasteiger partial charge in [-0.05, 0) is 24.5 Å². The summed E-state index contributed by atoms with van der Waals surface area (Å²) in [4.78, 5) is 35.0. The van der Waals surface area contributed by atoms with Crippen molar-refractivity contribution in [2.75, 3.05) is 6.54 Å². The minimum absolute atomic E-state index is 0.0798. The third-order valence-electron chi connectivity index (χ3n) is 3.93. The molecule has 2 rings (SSSR count). The lowest BCUT2D eigenvalue weighted by Gasteiger charge is -2.25. The SMILES string of the molecule is O=[C]CN(NC(=O)C1CCCCC1)C(=O)C=Cc1ccccc1. The average molecular weight is 313 g/mol. The Morgan fingerprint density at radius 2 is 1.87 bits per heavy atom. The van der Waals surface area contributed by atoms with Gasteiger partial charge in [-0.2, -0.15) is 0 Å². The summed E-state index contributed by atoms with van der Waals surface area (Å²) in [6.45, 7) is -0.281. The zero-order valence-electron chi connectivity index (χ0n) is 13.0. The van der Waals surface area contributed by atoms with Crippen molar-refractivity contribution < 1.29 is 14.4 Å². The molecular formula is C18H21N2O3. The Morgan fingerprint density at radius 3 is 2.52 bits per heavy atom. The second kappa shape index (κ2) is 8.88. The van der Waals surface area contributed by atoms with Crippen molar-refractivity contribution in [3.63, 3.8) is 0 Å². The largest absolute Gasteiger partial charge is 0.289 e. The molecule has 0 spiro atoms. The lowest BCUT2D eigenvalue weighted by molar-refractivity contribution is -0.139. The van der Waals surface area contributed by atoms with Crippen molar-refractivity contribution in [1.29, 1.82) is 0 Å². The van der Waals surface area contributed by atoms with Crippen molar-refractivity contribution in [3.8, 4) is 0 Å². The molecule has 0 bridgehead atoms. The molecule has 0 atom stereocenters. The molecule has 5 nitrogen and oxygen atoms in total. The number of carbonyl (C=O) groups excluding carboxylic acids is 3. The monoisotopic (exact) mass is 313 g/mol. The van der Waals surface area contributed by atoms with Crippen molar-refractivity contribution in [1.82, 2.24) is 10.4 Å². The number of nitrogens with one attached hydrogen (secondary N) is 1. The van der Waals surface area contributed by atoms with Crippen LogP contribution >= 0.6 is 0 Å². The second-order valence-corrected chi connectivity index (χ2v) is 5.62. The molecule has 2 amide bonds. The van der Waals surface area contributed by atoms with E-state index >= 15 is 0 Å². The zero-order valence-corrected chi connectivity index (χ0v) is 13.0. The number of nitrogens with zero attached hydrogens (tertiary/aromatic N) is 1. The minimum atomic E-state index is -0.443. The van der Waals surface area contributed by atoms with Crippen LogP contribution in [0, 0.1) is 5.92 Å². The van der Waals surface area contributed by atoms with E-state index in [4.69, 9.17) is 0 Å². The summed E-state index contributed by atoms with van der Waals surface area (Å²) in [6.07, 6.45) is 9.51. The van der Waals surface area contributed by atoms with Crippen molar-refractivity contribution in [2.24, 2.45) is 5.92 Å². The number of hydrogen-bond acceptors (Lipinski definition) is 3. The number of benzene rings is 1. The van der Waals surface area contributed by atoms with Crippen molar-refractivity contribution in [2.45, 2.75) is 32.1 Å². The van der Waals surface area contributed by atoms with Crippen LogP contribution in [0.5, 0.6) is 0 Å². The molecule has 121 valence electrons. The smallest absolute Gasteiger partial charge is 0.265 e. The maximum Gasteiger partial charge on any atom is 0.265 e. The number of hydrogen-bond donors (Lipinski definition) is 1. The van der Waals surface area contributed by atoms with Crippen LogP contribution in [-0.2, 0) is 14.4 Å². The molecule has 1 fully saturated rings. The van der Waals surface area contributed by atoms with Gasteiger partial charge in [-0.25, -0.2) is 5.01 Å². The van der Waals surface area contributed by atoms with E-state index in [-0.39, 0.29) is 18.4 Å². The van der Waals surface area contributed by atoms with Gasteiger partial charge in [-0.3, -0.25) is 19.8 Å². The molecule has 1 aliphatic carbocycles. The molecular weight excluding hydrogens is 292 g/mol. The van der Waals surface area contributed by atoms with E-state index < -0.39 is 5.91 Å². The summed E-state index contributed by atoms with van der Waals surface area (Å²) in [5, 5.41) is 1.02. The Labute approximate surface area is 136 Å². The topological polar surface area (TPSA) is 66.5 Å². The maximum atomic E-state index is 12.2. The lowest BCUT2D eigenvalue weighted by Crippen LogP contribution is -2.48. The predicted molar refractivity (Wildman–Crippen MR) is 87.6 cm³/mol. The van der Waals surface area contributed by atoms with Crippen LogP contribution < -0.4 is 5.43 Å². The van der Waals surface area contributed by atoms with Crippen LogP contribution in [0.15, 0.2) is 36.4 Å². The van der Waals surface area contributed by atoms with Crippen LogP contribution in [0.3, 0.4) is 0 Å². The lowest BCUT2D eigenvalue weighted by atomic mass is 9.89. The highest BCUT2D eigenvalue weighted by atomic mass is 16.2. The van der Waals surface area contributed by atoms with E-state index in [1.165, 1.54) is 6.08 Å². The highest BCUT2D eigenvalue weighted by molar-refractivity contribution is 5.94. The van der Waals surface area contributed by atoms with Crippen LogP contribution in [-0.4, -0.2) is 29.7 Å². The molecule has 1 aromatic rings. The highest BCUT2D eigenvalue weighted by Gasteiger charge is 2.23. The molecule has 1 radical (unpaired) electrons. The normalized spacial score (nSPS) is 15.3.